The summed E-state index contributed by atoms with van der Waals surface area (Å²) in [5.74, 6) is 0.0349. The maximum Gasteiger partial charge on any atom is 0.275 e. The molecule has 0 saturated heterocycles. The Morgan fingerprint density at radius 3 is 2.67 bits per heavy atom. The fourth-order valence-corrected chi connectivity index (χ4v) is 2.28. The summed E-state index contributed by atoms with van der Waals surface area (Å²) in [4.78, 5) is 11.9. The van der Waals surface area contributed by atoms with E-state index in [4.69, 9.17) is 11.6 Å². The van der Waals surface area contributed by atoms with Gasteiger partial charge in [-0.15, -0.1) is 0 Å². The predicted molar refractivity (Wildman–Crippen MR) is 84.9 cm³/mol. The molecule has 0 heterocycles. The summed E-state index contributed by atoms with van der Waals surface area (Å²) >= 11 is 5.98. The Bertz CT molecular complexity index is 586. The van der Waals surface area contributed by atoms with Gasteiger partial charge in [0.15, 0.2) is 6.54 Å². The number of hydrogen-bond donors (Lipinski definition) is 2. The second-order valence-electron chi connectivity index (χ2n) is 5.05. The second kappa shape index (κ2) is 7.81. The lowest BCUT2D eigenvalue weighted by Crippen LogP contribution is -2.87. The molecule has 0 spiro atoms. The van der Waals surface area contributed by atoms with Crippen molar-refractivity contribution in [3.63, 3.8) is 0 Å². The van der Waals surface area contributed by atoms with E-state index >= 15 is 0 Å². The number of rotatable bonds is 6. The van der Waals surface area contributed by atoms with Crippen LogP contribution in [0.15, 0.2) is 54.6 Å². The highest BCUT2D eigenvalue weighted by molar-refractivity contribution is 6.30. The van der Waals surface area contributed by atoms with Gasteiger partial charge in [0.25, 0.3) is 5.91 Å². The predicted octanol–water partition coefficient (Wildman–Crippen LogP) is 2.28. The topological polar surface area (TPSA) is 45.7 Å². The number of carbonyl (C=O) groups is 1. The van der Waals surface area contributed by atoms with Crippen LogP contribution in [0.5, 0.6) is 0 Å². The highest BCUT2D eigenvalue weighted by Gasteiger charge is 2.11. The van der Waals surface area contributed by atoms with Gasteiger partial charge in [0.05, 0.1) is 0 Å². The van der Waals surface area contributed by atoms with Crippen molar-refractivity contribution in [1.29, 1.82) is 0 Å². The summed E-state index contributed by atoms with van der Waals surface area (Å²) in [5, 5.41) is 5.65. The van der Waals surface area contributed by atoms with Crippen LogP contribution in [0, 0.1) is 0 Å². The molecule has 0 aliphatic rings. The number of nitrogens with two attached hydrogens (primary N) is 1. The molecule has 0 radical (unpaired) electrons. The molecule has 0 saturated carbocycles. The highest BCUT2D eigenvalue weighted by atomic mass is 35.5. The lowest BCUT2D eigenvalue weighted by molar-refractivity contribution is -0.682. The second-order valence-corrected chi connectivity index (χ2v) is 5.48. The Labute approximate surface area is 130 Å². The van der Waals surface area contributed by atoms with Crippen molar-refractivity contribution in [3.05, 3.63) is 70.7 Å². The molecular weight excluding hydrogens is 284 g/mol. The average Bonchev–Trinajstić information content (AvgIpc) is 2.51. The van der Waals surface area contributed by atoms with Crippen LogP contribution in [-0.2, 0) is 11.3 Å². The number of carbonyl (C=O) groups excluding carboxylic acids is 1. The zero-order valence-electron chi connectivity index (χ0n) is 12.1. The summed E-state index contributed by atoms with van der Waals surface area (Å²) < 4.78 is 0. The summed E-state index contributed by atoms with van der Waals surface area (Å²) in [6.07, 6.45) is 0. The third-order valence-corrected chi connectivity index (χ3v) is 3.60. The van der Waals surface area contributed by atoms with Crippen LogP contribution in [0.2, 0.25) is 5.02 Å². The minimum atomic E-state index is 0.0349. The van der Waals surface area contributed by atoms with Crippen LogP contribution >= 0.6 is 11.6 Å². The maximum absolute atomic E-state index is 11.9. The van der Waals surface area contributed by atoms with E-state index in [1.807, 2.05) is 59.9 Å². The first-order chi connectivity index (χ1) is 10.1. The Kier molecular flexibility index (Phi) is 5.78. The number of quaternary nitrogens is 1. The third kappa shape index (κ3) is 5.21. The van der Waals surface area contributed by atoms with Crippen molar-refractivity contribution in [2.45, 2.75) is 19.5 Å². The largest absolute Gasteiger partial charge is 0.347 e. The van der Waals surface area contributed by atoms with E-state index in [-0.39, 0.29) is 11.9 Å². The van der Waals surface area contributed by atoms with Gasteiger partial charge in [-0.25, -0.2) is 0 Å². The zero-order valence-corrected chi connectivity index (χ0v) is 12.8. The van der Waals surface area contributed by atoms with E-state index < -0.39 is 0 Å². The van der Waals surface area contributed by atoms with Crippen molar-refractivity contribution in [1.82, 2.24) is 5.32 Å². The van der Waals surface area contributed by atoms with Crippen LogP contribution < -0.4 is 10.6 Å². The molecule has 0 bridgehead atoms. The van der Waals surface area contributed by atoms with Gasteiger partial charge in [0.1, 0.15) is 6.04 Å². The molecule has 0 fully saturated rings. The third-order valence-electron chi connectivity index (χ3n) is 3.36. The van der Waals surface area contributed by atoms with E-state index in [1.54, 1.807) is 0 Å². The normalized spacial score (nSPS) is 11.9. The van der Waals surface area contributed by atoms with Gasteiger partial charge in [-0.05, 0) is 24.6 Å². The van der Waals surface area contributed by atoms with Crippen LogP contribution in [0.4, 0.5) is 0 Å². The standard InChI is InChI=1S/C17H19ClN2O/c1-13(15-8-5-9-16(18)10-15)19-12-17(21)20-11-14-6-3-2-4-7-14/h2-10,13,19H,11-12H2,1H3,(H,20,21)/p+1/t13-/m1/s1. The Hall–Kier alpha value is -1.84. The molecule has 4 heteroatoms. The smallest absolute Gasteiger partial charge is 0.275 e. The van der Waals surface area contributed by atoms with E-state index in [0.29, 0.717) is 13.1 Å². The van der Waals surface area contributed by atoms with Crippen LogP contribution in [0.1, 0.15) is 24.1 Å². The summed E-state index contributed by atoms with van der Waals surface area (Å²) in [6, 6.07) is 17.8. The molecule has 21 heavy (non-hydrogen) atoms. The average molecular weight is 304 g/mol. The number of benzene rings is 2. The van der Waals surface area contributed by atoms with Gasteiger partial charge in [-0.1, -0.05) is 54.1 Å². The molecule has 1 atom stereocenters. The van der Waals surface area contributed by atoms with E-state index in [9.17, 15) is 4.79 Å². The summed E-state index contributed by atoms with van der Waals surface area (Å²) in [5.41, 5.74) is 2.23. The van der Waals surface area contributed by atoms with Gasteiger partial charge in [0.2, 0.25) is 0 Å². The van der Waals surface area contributed by atoms with Crippen LogP contribution in [0.25, 0.3) is 0 Å². The van der Waals surface area contributed by atoms with Crippen molar-refractivity contribution >= 4 is 17.5 Å². The van der Waals surface area contributed by atoms with E-state index in [0.717, 1.165) is 16.1 Å². The lowest BCUT2D eigenvalue weighted by atomic mass is 10.1. The molecule has 2 aromatic carbocycles. The zero-order chi connectivity index (χ0) is 15.1. The van der Waals surface area contributed by atoms with Crippen molar-refractivity contribution in [2.24, 2.45) is 0 Å². The quantitative estimate of drug-likeness (QED) is 0.845. The van der Waals surface area contributed by atoms with Gasteiger partial charge in [-0.2, -0.15) is 0 Å². The Morgan fingerprint density at radius 2 is 1.95 bits per heavy atom. The van der Waals surface area contributed by atoms with Crippen molar-refractivity contribution < 1.29 is 10.1 Å². The molecule has 2 rings (SSSR count). The summed E-state index contributed by atoms with van der Waals surface area (Å²) in [6.45, 7) is 3.04. The molecule has 3 N–H and O–H groups in total. The van der Waals surface area contributed by atoms with E-state index in [2.05, 4.69) is 12.2 Å². The van der Waals surface area contributed by atoms with Gasteiger partial charge in [-0.3, -0.25) is 4.79 Å². The highest BCUT2D eigenvalue weighted by Crippen LogP contribution is 2.14. The van der Waals surface area contributed by atoms with Crippen LogP contribution in [-0.4, -0.2) is 12.5 Å². The number of hydrogen-bond acceptors (Lipinski definition) is 1. The van der Waals surface area contributed by atoms with E-state index in [1.165, 1.54) is 0 Å². The Morgan fingerprint density at radius 1 is 1.19 bits per heavy atom. The molecule has 3 nitrogen and oxygen atoms in total. The molecule has 110 valence electrons. The molecule has 0 aliphatic carbocycles. The van der Waals surface area contributed by atoms with Crippen molar-refractivity contribution in [3.8, 4) is 0 Å². The first-order valence-corrected chi connectivity index (χ1v) is 7.42. The number of halogens is 1. The van der Waals surface area contributed by atoms with Gasteiger partial charge in [0, 0.05) is 17.1 Å². The van der Waals surface area contributed by atoms with Gasteiger partial charge >= 0.3 is 0 Å². The SMILES string of the molecule is C[C@@H]([NH2+]CC(=O)NCc1ccccc1)c1cccc(Cl)c1. The number of nitrogens with one attached hydrogen (secondary N) is 1. The van der Waals surface area contributed by atoms with Crippen LogP contribution in [0.3, 0.4) is 0 Å². The molecular formula is C17H20ClN2O+. The molecule has 0 aliphatic heterocycles. The molecule has 2 aromatic rings. The maximum atomic E-state index is 11.9. The molecule has 0 unspecified atom stereocenters. The Balaban J connectivity index is 1.76. The first-order valence-electron chi connectivity index (χ1n) is 7.04. The minimum absolute atomic E-state index is 0.0349. The minimum Gasteiger partial charge on any atom is -0.347 e. The lowest BCUT2D eigenvalue weighted by Gasteiger charge is -2.11. The number of amides is 1. The van der Waals surface area contributed by atoms with Gasteiger partial charge < -0.3 is 10.6 Å². The summed E-state index contributed by atoms with van der Waals surface area (Å²) in [7, 11) is 0. The molecule has 1 amide bonds. The fourth-order valence-electron chi connectivity index (χ4n) is 2.08. The molecule has 0 aromatic heterocycles. The van der Waals surface area contributed by atoms with Crippen molar-refractivity contribution in [2.75, 3.05) is 6.54 Å². The first kappa shape index (κ1) is 15.5. The fraction of sp³-hybridized carbons (Fsp3) is 0.235. The monoisotopic (exact) mass is 303 g/mol.